The number of ether oxygens (including phenoxy) is 2. The van der Waals surface area contributed by atoms with Crippen LogP contribution >= 0.6 is 34.2 Å². The van der Waals surface area contributed by atoms with Crippen molar-refractivity contribution in [3.8, 4) is 0 Å². The normalized spacial score (nSPS) is 36.7. The minimum absolute atomic E-state index is 0.469. The number of carbonyl (C=O) groups excluding carboxylic acids is 3. The van der Waals surface area contributed by atoms with Crippen LogP contribution < -0.4 is 0 Å². The standard InChI is InChI=1S/C11H13ClINO6S/c1-5(15)19-4-20-7(16)6-10(2,3)21(18)9-11(12,13)8(17)14(6)9/h6,9H,4H2,1-3H3/t6-,9+,11?,21?/m0/s1. The van der Waals surface area contributed by atoms with Crippen molar-refractivity contribution in [1.82, 2.24) is 4.90 Å². The molecule has 0 saturated carbocycles. The molecule has 0 aromatic carbocycles. The van der Waals surface area contributed by atoms with Crippen LogP contribution in [0.4, 0.5) is 0 Å². The summed E-state index contributed by atoms with van der Waals surface area (Å²) in [7, 11) is -1.52. The Hall–Kier alpha value is -0.420. The maximum atomic E-state index is 12.5. The van der Waals surface area contributed by atoms with E-state index in [1.54, 1.807) is 36.4 Å². The van der Waals surface area contributed by atoms with Crippen molar-refractivity contribution in [2.24, 2.45) is 0 Å². The molecule has 0 spiro atoms. The minimum atomic E-state index is -1.52. The second kappa shape index (κ2) is 5.34. The van der Waals surface area contributed by atoms with Gasteiger partial charge in [-0.1, -0.05) is 11.6 Å². The number of fused-ring (bicyclic) bond motifs is 1. The second-order valence-electron chi connectivity index (χ2n) is 5.21. The fourth-order valence-corrected chi connectivity index (χ4v) is 5.88. The van der Waals surface area contributed by atoms with E-state index in [1.807, 2.05) is 0 Å². The predicted molar refractivity (Wildman–Crippen MR) is 82.0 cm³/mol. The minimum Gasteiger partial charge on any atom is -0.428 e. The van der Waals surface area contributed by atoms with Crippen molar-refractivity contribution >= 4 is 62.8 Å². The molecule has 21 heavy (non-hydrogen) atoms. The summed E-state index contributed by atoms with van der Waals surface area (Å²) >= 11 is 7.81. The molecule has 2 aliphatic heterocycles. The van der Waals surface area contributed by atoms with E-state index in [9.17, 15) is 18.6 Å². The quantitative estimate of drug-likeness (QED) is 0.205. The monoisotopic (exact) mass is 449 g/mol. The van der Waals surface area contributed by atoms with Gasteiger partial charge in [0.15, 0.2) is 0 Å². The summed E-state index contributed by atoms with van der Waals surface area (Å²) in [6.07, 6.45) is 0. The Balaban J connectivity index is 2.19. The topological polar surface area (TPSA) is 90.0 Å². The molecule has 0 N–H and O–H groups in total. The highest BCUT2D eigenvalue weighted by Gasteiger charge is 2.74. The second-order valence-corrected chi connectivity index (χ2v) is 10.2. The van der Waals surface area contributed by atoms with Crippen LogP contribution in [0.2, 0.25) is 0 Å². The summed E-state index contributed by atoms with van der Waals surface area (Å²) in [5, 5.41) is -0.742. The highest BCUT2D eigenvalue weighted by Crippen LogP contribution is 2.54. The van der Waals surface area contributed by atoms with Crippen LogP contribution in [0.1, 0.15) is 20.8 Å². The number of hydrogen-bond donors (Lipinski definition) is 0. The molecule has 2 heterocycles. The maximum Gasteiger partial charge on any atom is 0.333 e. The summed E-state index contributed by atoms with van der Waals surface area (Å²) in [6.45, 7) is 3.85. The molecule has 4 atom stereocenters. The Morgan fingerprint density at radius 3 is 2.52 bits per heavy atom. The predicted octanol–water partition coefficient (Wildman–Crippen LogP) is 0.498. The molecule has 0 aromatic heterocycles. The largest absolute Gasteiger partial charge is 0.428 e. The number of hydrogen-bond acceptors (Lipinski definition) is 6. The Morgan fingerprint density at radius 2 is 2.00 bits per heavy atom. The van der Waals surface area contributed by atoms with Crippen molar-refractivity contribution in [3.05, 3.63) is 0 Å². The molecule has 0 bridgehead atoms. The Bertz CT molecular complexity index is 551. The summed E-state index contributed by atoms with van der Waals surface area (Å²) in [5.41, 5.74) is 0. The molecule has 7 nitrogen and oxygen atoms in total. The van der Waals surface area contributed by atoms with Crippen LogP contribution in [0.25, 0.3) is 0 Å². The van der Waals surface area contributed by atoms with E-state index in [1.165, 1.54) is 11.8 Å². The summed E-state index contributed by atoms with van der Waals surface area (Å²) in [6, 6.07) is -1.02. The number of halogens is 2. The van der Waals surface area contributed by atoms with Gasteiger partial charge >= 0.3 is 11.9 Å². The number of carbonyl (C=O) groups is 3. The lowest BCUT2D eigenvalue weighted by Crippen LogP contribution is -2.69. The van der Waals surface area contributed by atoms with Gasteiger partial charge in [0.1, 0.15) is 11.4 Å². The number of alkyl halides is 2. The Labute approximate surface area is 142 Å². The van der Waals surface area contributed by atoms with Crippen LogP contribution in [0.3, 0.4) is 0 Å². The van der Waals surface area contributed by atoms with Crippen LogP contribution in [0.5, 0.6) is 0 Å². The molecule has 2 aliphatic rings. The molecule has 1 amide bonds. The molecule has 10 heteroatoms. The van der Waals surface area contributed by atoms with E-state index in [2.05, 4.69) is 4.74 Å². The van der Waals surface area contributed by atoms with Gasteiger partial charge < -0.3 is 14.4 Å². The number of nitrogens with zero attached hydrogens (tertiary/aromatic N) is 1. The van der Waals surface area contributed by atoms with Gasteiger partial charge in [0, 0.05) is 6.92 Å². The number of amides is 1. The van der Waals surface area contributed by atoms with Gasteiger partial charge in [-0.15, -0.1) is 0 Å². The average Bonchev–Trinajstić information content (AvgIpc) is 2.55. The zero-order chi connectivity index (χ0) is 16.2. The molecule has 2 rings (SSSR count). The zero-order valence-electron chi connectivity index (χ0n) is 11.4. The van der Waals surface area contributed by atoms with Gasteiger partial charge in [-0.05, 0) is 36.4 Å². The zero-order valence-corrected chi connectivity index (χ0v) is 15.2. The summed E-state index contributed by atoms with van der Waals surface area (Å²) in [5.74, 6) is -1.83. The smallest absolute Gasteiger partial charge is 0.333 e. The van der Waals surface area contributed by atoms with Gasteiger partial charge in [0.05, 0.1) is 15.5 Å². The third-order valence-corrected chi connectivity index (χ3v) is 7.65. The first-order chi connectivity index (χ1) is 9.52. The SMILES string of the molecule is CC(=O)OCOC(=O)[C@@H]1N2C(=O)C(Cl)(I)[C@H]2S(=O)C1(C)C. The molecular formula is C11H13ClINO6S. The number of esters is 2. The first-order valence-corrected chi connectivity index (χ1v) is 8.61. The van der Waals surface area contributed by atoms with Crippen molar-refractivity contribution in [3.63, 3.8) is 0 Å². The third-order valence-electron chi connectivity index (χ3n) is 3.43. The lowest BCUT2D eigenvalue weighted by molar-refractivity contribution is -0.174. The van der Waals surface area contributed by atoms with Crippen molar-refractivity contribution in [2.45, 2.75) is 39.8 Å². The van der Waals surface area contributed by atoms with Gasteiger partial charge in [-0.25, -0.2) is 4.79 Å². The van der Waals surface area contributed by atoms with Crippen molar-refractivity contribution in [1.29, 1.82) is 0 Å². The Morgan fingerprint density at radius 1 is 1.43 bits per heavy atom. The van der Waals surface area contributed by atoms with Gasteiger partial charge in [-0.3, -0.25) is 13.8 Å². The fourth-order valence-electron chi connectivity index (χ4n) is 2.36. The van der Waals surface area contributed by atoms with Crippen molar-refractivity contribution < 1.29 is 28.1 Å². The van der Waals surface area contributed by atoms with Gasteiger partial charge in [0.25, 0.3) is 5.91 Å². The average molecular weight is 450 g/mol. The van der Waals surface area contributed by atoms with E-state index < -0.39 is 54.5 Å². The molecule has 118 valence electrons. The molecule has 2 saturated heterocycles. The molecule has 0 radical (unpaired) electrons. The van der Waals surface area contributed by atoms with Crippen LogP contribution in [0.15, 0.2) is 0 Å². The van der Waals surface area contributed by atoms with Crippen LogP contribution in [-0.4, -0.2) is 52.8 Å². The fraction of sp³-hybridized carbons (Fsp3) is 0.727. The van der Waals surface area contributed by atoms with E-state index in [0.29, 0.717) is 0 Å². The third kappa shape index (κ3) is 2.46. The van der Waals surface area contributed by atoms with E-state index in [4.69, 9.17) is 16.3 Å². The molecule has 2 unspecified atom stereocenters. The molecule has 2 fully saturated rings. The van der Waals surface area contributed by atoms with E-state index in [0.717, 1.165) is 0 Å². The highest BCUT2D eigenvalue weighted by atomic mass is 127. The lowest BCUT2D eigenvalue weighted by atomic mass is 9.98. The summed E-state index contributed by atoms with van der Waals surface area (Å²) < 4.78 is 19.5. The highest BCUT2D eigenvalue weighted by molar-refractivity contribution is 14.1. The first-order valence-electron chi connectivity index (χ1n) is 5.94. The van der Waals surface area contributed by atoms with E-state index in [-0.39, 0.29) is 0 Å². The Kier molecular flexibility index (Phi) is 4.31. The summed E-state index contributed by atoms with van der Waals surface area (Å²) in [4.78, 5) is 36.0. The molecule has 0 aromatic rings. The lowest BCUT2D eigenvalue weighted by Gasteiger charge is -2.45. The molecule has 0 aliphatic carbocycles. The van der Waals surface area contributed by atoms with Crippen LogP contribution in [-0.2, 0) is 34.7 Å². The number of β-lactam (4-membered cyclic amide) rings is 1. The van der Waals surface area contributed by atoms with E-state index >= 15 is 0 Å². The van der Waals surface area contributed by atoms with Crippen LogP contribution in [0, 0.1) is 0 Å². The number of rotatable bonds is 3. The van der Waals surface area contributed by atoms with Gasteiger partial charge in [-0.2, -0.15) is 0 Å². The molecular weight excluding hydrogens is 437 g/mol. The first kappa shape index (κ1) is 16.9. The maximum absolute atomic E-state index is 12.5. The van der Waals surface area contributed by atoms with Crippen molar-refractivity contribution in [2.75, 3.05) is 6.79 Å². The van der Waals surface area contributed by atoms with Gasteiger partial charge in [0.2, 0.25) is 9.67 Å².